The lowest BCUT2D eigenvalue weighted by atomic mass is 10.1. The molecule has 2 aromatic carbocycles. The summed E-state index contributed by atoms with van der Waals surface area (Å²) in [4.78, 5) is 12.0. The highest BCUT2D eigenvalue weighted by Gasteiger charge is 2.28. The lowest BCUT2D eigenvalue weighted by Gasteiger charge is -2.18. The Bertz CT molecular complexity index is 1230. The lowest BCUT2D eigenvalue weighted by molar-refractivity contribution is 0.318. The van der Waals surface area contributed by atoms with Crippen LogP contribution in [0, 0.1) is 0 Å². The molecule has 0 unspecified atom stereocenters. The Morgan fingerprint density at radius 2 is 1.61 bits per heavy atom. The highest BCUT2D eigenvalue weighted by molar-refractivity contribution is 9.10. The van der Waals surface area contributed by atoms with Crippen LogP contribution in [0.15, 0.2) is 48.9 Å². The zero-order chi connectivity index (χ0) is 20.6. The maximum Gasteiger partial charge on any atom is 0.298 e. The van der Waals surface area contributed by atoms with Gasteiger partial charge in [-0.05, 0) is 24.3 Å². The molecule has 0 bridgehead atoms. The van der Waals surface area contributed by atoms with Crippen molar-refractivity contribution in [3.63, 3.8) is 0 Å². The molecule has 3 aromatic rings. The van der Waals surface area contributed by atoms with Gasteiger partial charge in [0, 0.05) is 10.5 Å². The van der Waals surface area contributed by atoms with Crippen molar-refractivity contribution in [1.29, 1.82) is 0 Å². The van der Waals surface area contributed by atoms with Crippen LogP contribution in [0.2, 0.25) is 0 Å². The lowest BCUT2D eigenvalue weighted by Crippen LogP contribution is -2.07. The van der Waals surface area contributed by atoms with Crippen LogP contribution < -0.4 is 19.6 Å². The number of methoxy groups -OCH3 is 3. The van der Waals surface area contributed by atoms with Crippen LogP contribution >= 0.6 is 15.9 Å². The zero-order valence-corrected chi connectivity index (χ0v) is 17.4. The van der Waals surface area contributed by atoms with Gasteiger partial charge >= 0.3 is 0 Å². The minimum absolute atomic E-state index is 0.0301. The predicted octanol–water partition coefficient (Wildman–Crippen LogP) is 3.50. The van der Waals surface area contributed by atoms with E-state index in [0.29, 0.717) is 9.86 Å². The molecule has 0 saturated heterocycles. The average Bonchev–Trinajstić information content (AvgIpc) is 2.65. The van der Waals surface area contributed by atoms with Gasteiger partial charge in [-0.15, -0.1) is 0 Å². The predicted molar refractivity (Wildman–Crippen MR) is 105 cm³/mol. The fourth-order valence-electron chi connectivity index (χ4n) is 2.82. The highest BCUT2D eigenvalue weighted by atomic mass is 79.9. The molecule has 0 aliphatic rings. The molecule has 148 valence electrons. The van der Waals surface area contributed by atoms with E-state index in [1.165, 1.54) is 27.4 Å². The molecular formula is C18H15BrO8S. The van der Waals surface area contributed by atoms with Gasteiger partial charge in [0.2, 0.25) is 5.75 Å². The SMILES string of the molecule is COc1c(-c2cc(=O)c3cc(Br)ccc3o2)cc(S(=O)(=O)O)c(OC)c1OC. The largest absolute Gasteiger partial charge is 0.492 e. The monoisotopic (exact) mass is 470 g/mol. The summed E-state index contributed by atoms with van der Waals surface area (Å²) >= 11 is 3.29. The van der Waals surface area contributed by atoms with E-state index in [0.717, 1.165) is 6.07 Å². The topological polar surface area (TPSA) is 112 Å². The second-order valence-electron chi connectivity index (χ2n) is 5.61. The van der Waals surface area contributed by atoms with E-state index in [2.05, 4.69) is 15.9 Å². The molecule has 3 rings (SSSR count). The van der Waals surface area contributed by atoms with Gasteiger partial charge in [-0.3, -0.25) is 9.35 Å². The maximum atomic E-state index is 12.5. The van der Waals surface area contributed by atoms with Crippen LogP contribution in [0.25, 0.3) is 22.3 Å². The van der Waals surface area contributed by atoms with Crippen LogP contribution in [-0.2, 0) is 10.1 Å². The first-order valence-corrected chi connectivity index (χ1v) is 9.98. The number of hydrogen-bond acceptors (Lipinski definition) is 7. The Labute approximate surface area is 168 Å². The molecule has 0 atom stereocenters. The first kappa shape index (κ1) is 20.2. The fourth-order valence-corrected chi connectivity index (χ4v) is 3.85. The van der Waals surface area contributed by atoms with Gasteiger partial charge in [-0.1, -0.05) is 15.9 Å². The molecular weight excluding hydrogens is 456 g/mol. The first-order chi connectivity index (χ1) is 13.2. The molecule has 1 aromatic heterocycles. The number of rotatable bonds is 5. The zero-order valence-electron chi connectivity index (χ0n) is 15.0. The number of fused-ring (bicyclic) bond motifs is 1. The van der Waals surface area contributed by atoms with Gasteiger partial charge in [0.1, 0.15) is 16.2 Å². The van der Waals surface area contributed by atoms with E-state index in [-0.39, 0.29) is 39.6 Å². The Kier molecular flexibility index (Phi) is 5.37. The van der Waals surface area contributed by atoms with Gasteiger partial charge in [-0.25, -0.2) is 0 Å². The third-order valence-corrected chi connectivity index (χ3v) is 5.35. The summed E-state index contributed by atoms with van der Waals surface area (Å²) in [6.45, 7) is 0. The summed E-state index contributed by atoms with van der Waals surface area (Å²) in [7, 11) is -0.835. The molecule has 8 nitrogen and oxygen atoms in total. The second-order valence-corrected chi connectivity index (χ2v) is 7.92. The van der Waals surface area contributed by atoms with Crippen LogP contribution in [0.5, 0.6) is 17.2 Å². The van der Waals surface area contributed by atoms with Crippen molar-refractivity contribution in [2.24, 2.45) is 0 Å². The van der Waals surface area contributed by atoms with Gasteiger partial charge in [0.05, 0.1) is 32.3 Å². The van der Waals surface area contributed by atoms with E-state index in [1.54, 1.807) is 18.2 Å². The van der Waals surface area contributed by atoms with Crippen LogP contribution in [-0.4, -0.2) is 34.3 Å². The van der Waals surface area contributed by atoms with Gasteiger partial charge in [-0.2, -0.15) is 8.42 Å². The molecule has 1 heterocycles. The van der Waals surface area contributed by atoms with Crippen molar-refractivity contribution < 1.29 is 31.6 Å². The number of halogens is 1. The van der Waals surface area contributed by atoms with Crippen LogP contribution in [0.4, 0.5) is 0 Å². The third-order valence-electron chi connectivity index (χ3n) is 4.00. The van der Waals surface area contributed by atoms with Crippen molar-refractivity contribution in [2.45, 2.75) is 4.90 Å². The first-order valence-electron chi connectivity index (χ1n) is 7.75. The van der Waals surface area contributed by atoms with Crippen LogP contribution in [0.1, 0.15) is 0 Å². The summed E-state index contributed by atoms with van der Waals surface area (Å²) in [5.41, 5.74) is 0.0356. The smallest absolute Gasteiger partial charge is 0.298 e. The standard InChI is InChI=1S/C18H15BrO8S/c1-24-16-11(7-15(28(21,22)23)17(25-2)18(16)26-3)14-8-12(20)10-6-9(19)4-5-13(10)27-14/h4-8H,1-3H3,(H,21,22,23). The quantitative estimate of drug-likeness (QED) is 0.563. The molecule has 0 aliphatic carbocycles. The number of hydrogen-bond donors (Lipinski definition) is 1. The minimum Gasteiger partial charge on any atom is -0.492 e. The van der Waals surface area contributed by atoms with E-state index >= 15 is 0 Å². The van der Waals surface area contributed by atoms with Crippen molar-refractivity contribution in [2.75, 3.05) is 21.3 Å². The van der Waals surface area contributed by atoms with E-state index < -0.39 is 15.0 Å². The molecule has 0 spiro atoms. The summed E-state index contributed by atoms with van der Waals surface area (Å²) < 4.78 is 55.5. The maximum absolute atomic E-state index is 12.5. The van der Waals surface area contributed by atoms with Crippen molar-refractivity contribution in [3.05, 3.63) is 45.0 Å². The molecule has 0 fully saturated rings. The molecule has 0 aliphatic heterocycles. The third kappa shape index (κ3) is 3.46. The molecule has 0 amide bonds. The van der Waals surface area contributed by atoms with Crippen molar-refractivity contribution in [1.82, 2.24) is 0 Å². The van der Waals surface area contributed by atoms with E-state index in [1.807, 2.05) is 0 Å². The summed E-state index contributed by atoms with van der Waals surface area (Å²) in [6, 6.07) is 7.21. The normalized spacial score (nSPS) is 11.5. The molecule has 28 heavy (non-hydrogen) atoms. The fraction of sp³-hybridized carbons (Fsp3) is 0.167. The molecule has 10 heteroatoms. The molecule has 1 N–H and O–H groups in total. The second kappa shape index (κ2) is 7.46. The van der Waals surface area contributed by atoms with E-state index in [4.69, 9.17) is 18.6 Å². The highest BCUT2D eigenvalue weighted by Crippen LogP contribution is 2.48. The van der Waals surface area contributed by atoms with E-state index in [9.17, 15) is 17.8 Å². The Morgan fingerprint density at radius 3 is 2.18 bits per heavy atom. The average molecular weight is 471 g/mol. The summed E-state index contributed by atoms with van der Waals surface area (Å²) in [5.74, 6) is -0.208. The summed E-state index contributed by atoms with van der Waals surface area (Å²) in [5, 5.41) is 0.340. The van der Waals surface area contributed by atoms with Crippen LogP contribution in [0.3, 0.4) is 0 Å². The van der Waals surface area contributed by atoms with Gasteiger partial charge in [0.25, 0.3) is 10.1 Å². The van der Waals surface area contributed by atoms with Crippen molar-refractivity contribution in [3.8, 4) is 28.6 Å². The van der Waals surface area contributed by atoms with Gasteiger partial charge in [0.15, 0.2) is 16.9 Å². The molecule has 0 saturated carbocycles. The number of benzene rings is 2. The Balaban J connectivity index is 2.43. The van der Waals surface area contributed by atoms with Crippen molar-refractivity contribution >= 4 is 37.0 Å². The Morgan fingerprint density at radius 1 is 0.964 bits per heavy atom. The Hall–Kier alpha value is -2.56. The molecule has 0 radical (unpaired) electrons. The summed E-state index contributed by atoms with van der Waals surface area (Å²) in [6.07, 6.45) is 0. The minimum atomic E-state index is -4.68. The number of ether oxygens (including phenoxy) is 3. The van der Waals surface area contributed by atoms with Gasteiger partial charge < -0.3 is 18.6 Å².